The maximum atomic E-state index is 14.6. The second-order valence-corrected chi connectivity index (χ2v) is 9.65. The van der Waals surface area contributed by atoms with Gasteiger partial charge in [0, 0.05) is 36.8 Å². The maximum Gasteiger partial charge on any atom is 0.272 e. The molecular weight excluding hydrogens is 511 g/mol. The van der Waals surface area contributed by atoms with Gasteiger partial charge in [0.1, 0.15) is 23.0 Å². The van der Waals surface area contributed by atoms with E-state index >= 15 is 0 Å². The van der Waals surface area contributed by atoms with E-state index in [4.69, 9.17) is 5.73 Å². The fourth-order valence-corrected chi connectivity index (χ4v) is 4.98. The van der Waals surface area contributed by atoms with Gasteiger partial charge in [-0.2, -0.15) is 5.10 Å². The van der Waals surface area contributed by atoms with E-state index in [0.717, 1.165) is 31.5 Å². The summed E-state index contributed by atoms with van der Waals surface area (Å²) in [5, 5.41) is 7.17. The Hall–Kier alpha value is -4.93. The van der Waals surface area contributed by atoms with Crippen molar-refractivity contribution >= 4 is 30.1 Å². The molecule has 1 saturated carbocycles. The van der Waals surface area contributed by atoms with Crippen LogP contribution < -0.4 is 11.1 Å². The van der Waals surface area contributed by atoms with Gasteiger partial charge in [-0.1, -0.05) is 18.9 Å². The standard InChI is InChI=1S/C29H29FN8O2/c1-32-25(24-28(33-2)37-27(36-24)18-6-3-4-7-18)29(40)34-14-17-10-20(12-22(30)11-17)21-15-35-38(16-21)23-9-5-8-19(13-23)26(31)39/h5,8-13,15-16,18H,2-4,6-7,14H2,1H3,(H2,31,39)(H,34,40)(H,36,37)/b32-25+. The molecule has 10 nitrogen and oxygen atoms in total. The third-order valence-electron chi connectivity index (χ3n) is 6.99. The number of nitrogens with one attached hydrogen (secondary N) is 2. The smallest absolute Gasteiger partial charge is 0.272 e. The van der Waals surface area contributed by atoms with Gasteiger partial charge in [-0.3, -0.25) is 14.6 Å². The van der Waals surface area contributed by atoms with Gasteiger partial charge in [0.25, 0.3) is 5.91 Å². The lowest BCUT2D eigenvalue weighted by molar-refractivity contribution is -0.114. The van der Waals surface area contributed by atoms with Gasteiger partial charge in [-0.05, 0) is 67.1 Å². The zero-order valence-electron chi connectivity index (χ0n) is 22.0. The highest BCUT2D eigenvalue weighted by atomic mass is 19.1. The van der Waals surface area contributed by atoms with Gasteiger partial charge in [0.2, 0.25) is 5.91 Å². The van der Waals surface area contributed by atoms with Crippen LogP contribution in [0.1, 0.15) is 59.0 Å². The molecule has 1 fully saturated rings. The Morgan fingerprint density at radius 2 is 2.00 bits per heavy atom. The predicted molar refractivity (Wildman–Crippen MR) is 151 cm³/mol. The van der Waals surface area contributed by atoms with Crippen molar-refractivity contribution in [3.05, 3.63) is 83.3 Å². The number of primary amides is 1. The van der Waals surface area contributed by atoms with Crippen molar-refractivity contribution in [2.24, 2.45) is 15.7 Å². The molecule has 2 aromatic carbocycles. The summed E-state index contributed by atoms with van der Waals surface area (Å²) in [6.07, 6.45) is 7.68. The largest absolute Gasteiger partial charge is 0.366 e. The molecule has 11 heteroatoms. The van der Waals surface area contributed by atoms with Crippen LogP contribution in [-0.4, -0.2) is 51.0 Å². The van der Waals surface area contributed by atoms with Gasteiger partial charge >= 0.3 is 0 Å². The van der Waals surface area contributed by atoms with Crippen LogP contribution in [0.3, 0.4) is 0 Å². The highest BCUT2D eigenvalue weighted by molar-refractivity contribution is 6.45. The second kappa shape index (κ2) is 11.4. The first-order chi connectivity index (χ1) is 19.4. The molecule has 40 heavy (non-hydrogen) atoms. The number of carbonyl (C=O) groups excluding carboxylic acids is 2. The van der Waals surface area contributed by atoms with E-state index in [9.17, 15) is 14.0 Å². The fraction of sp³-hybridized carbons (Fsp3) is 0.241. The highest BCUT2D eigenvalue weighted by Crippen LogP contribution is 2.34. The minimum absolute atomic E-state index is 0.0673. The van der Waals surface area contributed by atoms with E-state index in [1.807, 2.05) is 0 Å². The normalized spacial score (nSPS) is 13.9. The minimum atomic E-state index is -0.541. The van der Waals surface area contributed by atoms with E-state index in [1.54, 1.807) is 47.4 Å². The number of aromatic nitrogens is 4. The Kier molecular flexibility index (Phi) is 7.63. The van der Waals surface area contributed by atoms with Crippen LogP contribution in [-0.2, 0) is 11.3 Å². The molecule has 2 amide bonds. The topological polar surface area (TPSA) is 143 Å². The SMILES string of the molecule is C=Nc1nc(C2CCCC2)[nH]c1/C(=N\C)C(=O)NCc1cc(F)cc(-c2cnn(-c3cccc(C(N)=O)c3)c2)c1. The summed E-state index contributed by atoms with van der Waals surface area (Å²) >= 11 is 0. The fourth-order valence-electron chi connectivity index (χ4n) is 4.98. The van der Waals surface area contributed by atoms with Crippen LogP contribution in [0.4, 0.5) is 10.2 Å². The molecule has 2 heterocycles. The second-order valence-electron chi connectivity index (χ2n) is 9.65. The molecule has 2 aromatic heterocycles. The Balaban J connectivity index is 1.32. The summed E-state index contributed by atoms with van der Waals surface area (Å²) in [6.45, 7) is 3.66. The van der Waals surface area contributed by atoms with Gasteiger partial charge in [-0.25, -0.2) is 19.0 Å². The van der Waals surface area contributed by atoms with E-state index in [0.29, 0.717) is 45.4 Å². The summed E-state index contributed by atoms with van der Waals surface area (Å²) in [4.78, 5) is 40.6. The van der Waals surface area contributed by atoms with Crippen molar-refractivity contribution < 1.29 is 14.0 Å². The molecule has 4 aromatic rings. The average molecular weight is 541 g/mol. The lowest BCUT2D eigenvalue weighted by atomic mass is 10.1. The Labute approximate surface area is 230 Å². The monoisotopic (exact) mass is 540 g/mol. The van der Waals surface area contributed by atoms with Crippen LogP contribution in [0.15, 0.2) is 64.8 Å². The number of carbonyl (C=O) groups is 2. The first-order valence-electron chi connectivity index (χ1n) is 12.9. The molecule has 0 atom stereocenters. The summed E-state index contributed by atoms with van der Waals surface area (Å²) in [5.74, 6) is -0.00669. The zero-order chi connectivity index (χ0) is 28.2. The van der Waals surface area contributed by atoms with Crippen LogP contribution in [0.2, 0.25) is 0 Å². The van der Waals surface area contributed by atoms with Gasteiger partial charge in [-0.15, -0.1) is 0 Å². The number of imidazole rings is 1. The molecule has 204 valence electrons. The average Bonchev–Trinajstić information content (AvgIpc) is 3.73. The summed E-state index contributed by atoms with van der Waals surface area (Å²) in [5.41, 5.74) is 8.74. The molecule has 5 rings (SSSR count). The molecule has 0 unspecified atom stereocenters. The number of benzene rings is 2. The van der Waals surface area contributed by atoms with Crippen molar-refractivity contribution in [3.8, 4) is 16.8 Å². The van der Waals surface area contributed by atoms with Crippen LogP contribution in [0, 0.1) is 5.82 Å². The number of amides is 2. The summed E-state index contributed by atoms with van der Waals surface area (Å²) < 4.78 is 16.2. The highest BCUT2D eigenvalue weighted by Gasteiger charge is 2.26. The van der Waals surface area contributed by atoms with Crippen molar-refractivity contribution in [2.75, 3.05) is 7.05 Å². The Morgan fingerprint density at radius 3 is 2.73 bits per heavy atom. The van der Waals surface area contributed by atoms with Crippen LogP contribution in [0.5, 0.6) is 0 Å². The van der Waals surface area contributed by atoms with E-state index in [1.165, 1.54) is 19.2 Å². The van der Waals surface area contributed by atoms with Gasteiger partial charge < -0.3 is 16.0 Å². The first-order valence-corrected chi connectivity index (χ1v) is 12.9. The van der Waals surface area contributed by atoms with Crippen molar-refractivity contribution in [2.45, 2.75) is 38.1 Å². The molecular formula is C29H29FN8O2. The van der Waals surface area contributed by atoms with Crippen LogP contribution in [0.25, 0.3) is 16.8 Å². The number of rotatable bonds is 9. The summed E-state index contributed by atoms with van der Waals surface area (Å²) in [6, 6.07) is 11.3. The number of halogens is 1. The number of hydrogen-bond acceptors (Lipinski definition) is 6. The lowest BCUT2D eigenvalue weighted by Crippen LogP contribution is -2.31. The third kappa shape index (κ3) is 5.58. The van der Waals surface area contributed by atoms with Crippen LogP contribution >= 0.6 is 0 Å². The lowest BCUT2D eigenvalue weighted by Gasteiger charge is -2.09. The number of hydrogen-bond donors (Lipinski definition) is 3. The molecule has 0 radical (unpaired) electrons. The quantitative estimate of drug-likeness (QED) is 0.273. The Bertz CT molecular complexity index is 1610. The zero-order valence-corrected chi connectivity index (χ0v) is 22.0. The molecule has 0 saturated heterocycles. The molecule has 1 aliphatic carbocycles. The Morgan fingerprint density at radius 1 is 1.20 bits per heavy atom. The van der Waals surface area contributed by atoms with Crippen molar-refractivity contribution in [1.82, 2.24) is 25.1 Å². The molecule has 1 aliphatic rings. The third-order valence-corrected chi connectivity index (χ3v) is 6.99. The number of aliphatic imine (C=N–C) groups is 2. The molecule has 0 bridgehead atoms. The van der Waals surface area contributed by atoms with Gasteiger partial charge in [0.05, 0.1) is 11.9 Å². The molecule has 4 N–H and O–H groups in total. The van der Waals surface area contributed by atoms with E-state index < -0.39 is 17.6 Å². The van der Waals surface area contributed by atoms with Crippen molar-refractivity contribution in [3.63, 3.8) is 0 Å². The first kappa shape index (κ1) is 26.7. The number of aromatic amines is 1. The van der Waals surface area contributed by atoms with Crippen molar-refractivity contribution in [1.29, 1.82) is 0 Å². The number of nitrogens with zero attached hydrogens (tertiary/aromatic N) is 5. The summed E-state index contributed by atoms with van der Waals surface area (Å²) in [7, 11) is 1.52. The number of nitrogens with two attached hydrogens (primary N) is 1. The molecule has 0 spiro atoms. The minimum Gasteiger partial charge on any atom is -0.366 e. The van der Waals surface area contributed by atoms with Gasteiger partial charge in [0.15, 0.2) is 5.82 Å². The molecule has 0 aliphatic heterocycles. The number of H-pyrrole nitrogens is 1. The maximum absolute atomic E-state index is 14.6. The van der Waals surface area contributed by atoms with E-state index in [-0.39, 0.29) is 12.3 Å². The van der Waals surface area contributed by atoms with E-state index in [2.05, 4.69) is 37.1 Å². The predicted octanol–water partition coefficient (Wildman–Crippen LogP) is 4.23.